The lowest BCUT2D eigenvalue weighted by atomic mass is 10.2. The van der Waals surface area contributed by atoms with Crippen LogP contribution < -0.4 is 5.43 Å². The second-order valence-electron chi connectivity index (χ2n) is 4.54. The molecule has 1 amide bonds. The summed E-state index contributed by atoms with van der Waals surface area (Å²) in [7, 11) is 0. The van der Waals surface area contributed by atoms with Gasteiger partial charge in [0, 0.05) is 15.8 Å². The summed E-state index contributed by atoms with van der Waals surface area (Å²) in [4.78, 5) is 11.7. The SMILES string of the molecule is O=C(CSCc1c(Cl)cccc1Cl)N/N=C\c1ccc(F)cc1. The van der Waals surface area contributed by atoms with Crippen molar-refractivity contribution < 1.29 is 9.18 Å². The number of carbonyl (C=O) groups is 1. The average Bonchev–Trinajstić information content (AvgIpc) is 2.52. The van der Waals surface area contributed by atoms with Crippen LogP contribution >= 0.6 is 35.0 Å². The number of halogens is 3. The highest BCUT2D eigenvalue weighted by atomic mass is 35.5. The fourth-order valence-electron chi connectivity index (χ4n) is 1.68. The van der Waals surface area contributed by atoms with Crippen molar-refractivity contribution in [2.75, 3.05) is 5.75 Å². The Labute approximate surface area is 147 Å². The summed E-state index contributed by atoms with van der Waals surface area (Å²) < 4.78 is 12.7. The van der Waals surface area contributed by atoms with Crippen LogP contribution in [-0.2, 0) is 10.5 Å². The molecule has 0 aliphatic rings. The van der Waals surface area contributed by atoms with Gasteiger partial charge in [-0.15, -0.1) is 11.8 Å². The molecule has 23 heavy (non-hydrogen) atoms. The van der Waals surface area contributed by atoms with E-state index in [0.29, 0.717) is 21.4 Å². The van der Waals surface area contributed by atoms with Crippen molar-refractivity contribution >= 4 is 47.1 Å². The zero-order valence-electron chi connectivity index (χ0n) is 11.9. The highest BCUT2D eigenvalue weighted by molar-refractivity contribution is 7.99. The zero-order valence-corrected chi connectivity index (χ0v) is 14.3. The largest absolute Gasteiger partial charge is 0.272 e. The summed E-state index contributed by atoms with van der Waals surface area (Å²) in [5.41, 5.74) is 3.92. The van der Waals surface area contributed by atoms with Crippen LogP contribution in [-0.4, -0.2) is 17.9 Å². The maximum absolute atomic E-state index is 12.7. The molecule has 0 radical (unpaired) electrons. The number of amides is 1. The maximum atomic E-state index is 12.7. The lowest BCUT2D eigenvalue weighted by Gasteiger charge is -2.06. The minimum Gasteiger partial charge on any atom is -0.272 e. The van der Waals surface area contributed by atoms with Crippen LogP contribution in [0.4, 0.5) is 4.39 Å². The van der Waals surface area contributed by atoms with E-state index >= 15 is 0 Å². The number of hydrogen-bond donors (Lipinski definition) is 1. The molecule has 0 saturated carbocycles. The molecule has 0 saturated heterocycles. The minimum atomic E-state index is -0.319. The molecule has 0 aliphatic carbocycles. The molecule has 0 heterocycles. The van der Waals surface area contributed by atoms with Crippen LogP contribution in [0.3, 0.4) is 0 Å². The highest BCUT2D eigenvalue weighted by Gasteiger charge is 2.07. The predicted molar refractivity (Wildman–Crippen MR) is 94.8 cm³/mol. The second-order valence-corrected chi connectivity index (χ2v) is 6.34. The number of rotatable bonds is 6. The van der Waals surface area contributed by atoms with Crippen molar-refractivity contribution in [3.05, 3.63) is 69.5 Å². The van der Waals surface area contributed by atoms with Crippen LogP contribution in [0, 0.1) is 5.82 Å². The summed E-state index contributed by atoms with van der Waals surface area (Å²) in [5, 5.41) is 4.99. The van der Waals surface area contributed by atoms with Gasteiger partial charge in [-0.25, -0.2) is 9.82 Å². The summed E-state index contributed by atoms with van der Waals surface area (Å²) in [6, 6.07) is 11.1. The van der Waals surface area contributed by atoms with Gasteiger partial charge in [0.2, 0.25) is 5.91 Å². The number of thioether (sulfide) groups is 1. The first-order chi connectivity index (χ1) is 11.1. The fraction of sp³-hybridized carbons (Fsp3) is 0.125. The van der Waals surface area contributed by atoms with E-state index in [9.17, 15) is 9.18 Å². The van der Waals surface area contributed by atoms with Gasteiger partial charge in [0.05, 0.1) is 12.0 Å². The molecule has 0 spiro atoms. The predicted octanol–water partition coefficient (Wildman–Crippen LogP) is 4.52. The molecule has 2 rings (SSSR count). The molecular formula is C16H13Cl2FN2OS. The quantitative estimate of drug-likeness (QED) is 0.599. The van der Waals surface area contributed by atoms with E-state index in [2.05, 4.69) is 10.5 Å². The van der Waals surface area contributed by atoms with E-state index in [-0.39, 0.29) is 17.5 Å². The van der Waals surface area contributed by atoms with Gasteiger partial charge in [-0.05, 0) is 35.4 Å². The summed E-state index contributed by atoms with van der Waals surface area (Å²) >= 11 is 13.5. The smallest absolute Gasteiger partial charge is 0.250 e. The Morgan fingerprint density at radius 2 is 1.83 bits per heavy atom. The van der Waals surface area contributed by atoms with Gasteiger partial charge in [-0.1, -0.05) is 41.4 Å². The molecule has 0 aliphatic heterocycles. The monoisotopic (exact) mass is 370 g/mol. The first kappa shape index (κ1) is 17.8. The first-order valence-corrected chi connectivity index (χ1v) is 8.55. The zero-order chi connectivity index (χ0) is 16.7. The van der Waals surface area contributed by atoms with Gasteiger partial charge in [0.15, 0.2) is 0 Å². The van der Waals surface area contributed by atoms with Crippen LogP contribution in [0.5, 0.6) is 0 Å². The first-order valence-electron chi connectivity index (χ1n) is 6.64. The average molecular weight is 371 g/mol. The standard InChI is InChI=1S/C16H13Cl2FN2OS/c17-14-2-1-3-15(18)13(14)9-23-10-16(22)21-20-8-11-4-6-12(19)7-5-11/h1-8H,9-10H2,(H,21,22)/b20-8-. The highest BCUT2D eigenvalue weighted by Crippen LogP contribution is 2.27. The van der Waals surface area contributed by atoms with Gasteiger partial charge in [-0.2, -0.15) is 5.10 Å². The third-order valence-corrected chi connectivity index (χ3v) is 4.48. The topological polar surface area (TPSA) is 41.5 Å². The number of nitrogens with one attached hydrogen (secondary N) is 1. The van der Waals surface area contributed by atoms with Crippen LogP contribution in [0.2, 0.25) is 10.0 Å². The van der Waals surface area contributed by atoms with Gasteiger partial charge in [0.25, 0.3) is 0 Å². The lowest BCUT2D eigenvalue weighted by Crippen LogP contribution is -2.19. The van der Waals surface area contributed by atoms with E-state index in [1.807, 2.05) is 0 Å². The van der Waals surface area contributed by atoms with Gasteiger partial charge in [-0.3, -0.25) is 4.79 Å². The van der Waals surface area contributed by atoms with E-state index < -0.39 is 0 Å². The lowest BCUT2D eigenvalue weighted by molar-refractivity contribution is -0.118. The Hall–Kier alpha value is -1.56. The molecular weight excluding hydrogens is 358 g/mol. The van der Waals surface area contributed by atoms with Crippen molar-refractivity contribution in [3.63, 3.8) is 0 Å². The van der Waals surface area contributed by atoms with Crippen LogP contribution in [0.15, 0.2) is 47.6 Å². The molecule has 1 N–H and O–H groups in total. The molecule has 2 aromatic carbocycles. The summed E-state index contributed by atoms with van der Waals surface area (Å²) in [6.07, 6.45) is 1.45. The molecule has 0 fully saturated rings. The van der Waals surface area contributed by atoms with Crippen LogP contribution in [0.1, 0.15) is 11.1 Å². The Morgan fingerprint density at radius 1 is 1.17 bits per heavy atom. The molecule has 3 nitrogen and oxygen atoms in total. The van der Waals surface area contributed by atoms with Crippen molar-refractivity contribution in [1.29, 1.82) is 0 Å². The minimum absolute atomic E-state index is 0.225. The molecule has 2 aromatic rings. The molecule has 7 heteroatoms. The van der Waals surface area contributed by atoms with E-state index in [0.717, 1.165) is 5.56 Å². The molecule has 0 unspecified atom stereocenters. The van der Waals surface area contributed by atoms with Crippen molar-refractivity contribution in [1.82, 2.24) is 5.43 Å². The van der Waals surface area contributed by atoms with Crippen molar-refractivity contribution in [2.24, 2.45) is 5.10 Å². The Kier molecular flexibility index (Phi) is 6.89. The van der Waals surface area contributed by atoms with Gasteiger partial charge >= 0.3 is 0 Å². The molecule has 0 aromatic heterocycles. The number of hydrogen-bond acceptors (Lipinski definition) is 3. The maximum Gasteiger partial charge on any atom is 0.250 e. The van der Waals surface area contributed by atoms with Crippen molar-refractivity contribution in [3.8, 4) is 0 Å². The van der Waals surface area contributed by atoms with Gasteiger partial charge in [0.1, 0.15) is 5.82 Å². The fourth-order valence-corrected chi connectivity index (χ4v) is 3.23. The van der Waals surface area contributed by atoms with Crippen molar-refractivity contribution in [2.45, 2.75) is 5.75 Å². The summed E-state index contributed by atoms with van der Waals surface area (Å²) in [5.74, 6) is 0.202. The molecule has 0 bridgehead atoms. The number of nitrogens with zero attached hydrogens (tertiary/aromatic N) is 1. The number of carbonyl (C=O) groups excluding carboxylic acids is 1. The Morgan fingerprint density at radius 3 is 2.48 bits per heavy atom. The Bertz CT molecular complexity index is 687. The Balaban J connectivity index is 1.76. The van der Waals surface area contributed by atoms with Gasteiger partial charge < -0.3 is 0 Å². The normalized spacial score (nSPS) is 10.9. The van der Waals surface area contributed by atoms with E-state index in [1.165, 1.54) is 30.1 Å². The van der Waals surface area contributed by atoms with E-state index in [1.54, 1.807) is 30.3 Å². The third kappa shape index (κ3) is 5.86. The number of benzene rings is 2. The molecule has 120 valence electrons. The van der Waals surface area contributed by atoms with E-state index in [4.69, 9.17) is 23.2 Å². The second kappa shape index (κ2) is 8.91. The third-order valence-electron chi connectivity index (χ3n) is 2.81. The molecule has 0 atom stereocenters. The van der Waals surface area contributed by atoms with Crippen LogP contribution in [0.25, 0.3) is 0 Å². The summed E-state index contributed by atoms with van der Waals surface area (Å²) in [6.45, 7) is 0. The number of hydrazone groups is 1.